The van der Waals surface area contributed by atoms with Gasteiger partial charge >= 0.3 is 0 Å². The number of aromatic nitrogens is 7. The van der Waals surface area contributed by atoms with Crippen LogP contribution in [0.15, 0.2) is 24.9 Å². The monoisotopic (exact) mass is 338 g/mol. The molecule has 130 valence electrons. The van der Waals surface area contributed by atoms with Crippen LogP contribution < -0.4 is 5.32 Å². The van der Waals surface area contributed by atoms with E-state index in [2.05, 4.69) is 34.9 Å². The minimum atomic E-state index is 0.269. The summed E-state index contributed by atoms with van der Waals surface area (Å²) >= 11 is 0. The smallest absolute Gasteiger partial charge is 0.223 e. The molecule has 0 radical (unpaired) electrons. The molecule has 25 heavy (non-hydrogen) atoms. The minimum Gasteiger partial charge on any atom is -0.354 e. The van der Waals surface area contributed by atoms with Crippen molar-refractivity contribution in [3.8, 4) is 11.5 Å². The highest BCUT2D eigenvalue weighted by molar-refractivity contribution is 5.55. The first-order chi connectivity index (χ1) is 12.1. The Morgan fingerprint density at radius 2 is 2.04 bits per heavy atom. The molecule has 3 aromatic heterocycles. The summed E-state index contributed by atoms with van der Waals surface area (Å²) in [5, 5.41) is 7.54. The van der Waals surface area contributed by atoms with Crippen molar-refractivity contribution in [1.29, 1.82) is 0 Å². The van der Waals surface area contributed by atoms with Gasteiger partial charge in [0.15, 0.2) is 5.82 Å². The molecule has 8 nitrogen and oxygen atoms in total. The Morgan fingerprint density at radius 3 is 2.68 bits per heavy atom. The third-order valence-corrected chi connectivity index (χ3v) is 4.90. The molecule has 0 aliphatic heterocycles. The van der Waals surface area contributed by atoms with Gasteiger partial charge in [0, 0.05) is 44.1 Å². The number of hydrogen-bond acceptors (Lipinski definition) is 6. The predicted octanol–water partition coefficient (Wildman–Crippen LogP) is 1.98. The van der Waals surface area contributed by atoms with Crippen LogP contribution in [0.2, 0.25) is 0 Å². The molecule has 0 saturated heterocycles. The van der Waals surface area contributed by atoms with E-state index in [4.69, 9.17) is 0 Å². The van der Waals surface area contributed by atoms with E-state index in [9.17, 15) is 0 Å². The number of nitrogens with zero attached hydrogens (tertiary/aromatic N) is 7. The van der Waals surface area contributed by atoms with Gasteiger partial charge in [-0.05, 0) is 32.3 Å². The largest absolute Gasteiger partial charge is 0.354 e. The first kappa shape index (κ1) is 15.7. The van der Waals surface area contributed by atoms with E-state index in [1.54, 1.807) is 4.68 Å². The summed E-state index contributed by atoms with van der Waals surface area (Å²) in [6.07, 6.45) is 9.69. The van der Waals surface area contributed by atoms with E-state index in [-0.39, 0.29) is 5.41 Å². The summed E-state index contributed by atoms with van der Waals surface area (Å²) in [5.41, 5.74) is 2.06. The first-order valence-electron chi connectivity index (χ1n) is 8.46. The lowest BCUT2D eigenvalue weighted by molar-refractivity contribution is 0.438. The van der Waals surface area contributed by atoms with E-state index in [1.807, 2.05) is 39.5 Å². The third-order valence-electron chi connectivity index (χ3n) is 4.90. The average molecular weight is 338 g/mol. The summed E-state index contributed by atoms with van der Waals surface area (Å²) in [4.78, 5) is 17.7. The van der Waals surface area contributed by atoms with Crippen LogP contribution in [0.4, 0.5) is 5.95 Å². The summed E-state index contributed by atoms with van der Waals surface area (Å²) < 4.78 is 3.94. The summed E-state index contributed by atoms with van der Waals surface area (Å²) in [5.74, 6) is 2.44. The van der Waals surface area contributed by atoms with Gasteiger partial charge in [-0.1, -0.05) is 0 Å². The highest BCUT2D eigenvalue weighted by Crippen LogP contribution is 2.47. The molecule has 0 unspecified atom stereocenters. The summed E-state index contributed by atoms with van der Waals surface area (Å²) in [7, 11) is 1.86. The first-order valence-corrected chi connectivity index (χ1v) is 8.46. The zero-order valence-corrected chi connectivity index (χ0v) is 14.8. The Labute approximate surface area is 146 Å². The topological polar surface area (TPSA) is 86.3 Å². The minimum absolute atomic E-state index is 0.269. The maximum absolute atomic E-state index is 4.66. The second-order valence-electron chi connectivity index (χ2n) is 6.89. The second-order valence-corrected chi connectivity index (χ2v) is 6.89. The van der Waals surface area contributed by atoms with E-state index in [0.29, 0.717) is 5.95 Å². The molecule has 4 rings (SSSR count). The normalized spacial score (nSPS) is 15.3. The van der Waals surface area contributed by atoms with E-state index in [0.717, 1.165) is 36.0 Å². The van der Waals surface area contributed by atoms with E-state index >= 15 is 0 Å². The quantitative estimate of drug-likeness (QED) is 0.739. The SMILES string of the molecule is Cc1cnc(NCC2(Cn3ccnc3C)CC2)nc1-c1ncnn1C. The van der Waals surface area contributed by atoms with Crippen molar-refractivity contribution in [3.05, 3.63) is 36.3 Å². The zero-order valence-electron chi connectivity index (χ0n) is 14.8. The third kappa shape index (κ3) is 3.11. The van der Waals surface area contributed by atoms with Crippen LogP contribution in [0.25, 0.3) is 11.5 Å². The van der Waals surface area contributed by atoms with Crippen LogP contribution in [0, 0.1) is 19.3 Å². The van der Waals surface area contributed by atoms with Gasteiger partial charge in [0.25, 0.3) is 0 Å². The number of hydrogen-bond donors (Lipinski definition) is 1. The number of imidazole rings is 1. The van der Waals surface area contributed by atoms with Gasteiger partial charge in [-0.3, -0.25) is 0 Å². The Morgan fingerprint density at radius 1 is 1.20 bits per heavy atom. The lowest BCUT2D eigenvalue weighted by Gasteiger charge is -2.18. The Kier molecular flexibility index (Phi) is 3.74. The lowest BCUT2D eigenvalue weighted by Crippen LogP contribution is -2.22. The zero-order chi connectivity index (χ0) is 17.4. The van der Waals surface area contributed by atoms with Gasteiger partial charge < -0.3 is 9.88 Å². The second kappa shape index (κ2) is 5.94. The molecule has 0 bridgehead atoms. The Balaban J connectivity index is 1.48. The Hall–Kier alpha value is -2.77. The van der Waals surface area contributed by atoms with Crippen molar-refractivity contribution < 1.29 is 0 Å². The van der Waals surface area contributed by atoms with Crippen molar-refractivity contribution in [2.45, 2.75) is 33.2 Å². The molecule has 0 aromatic carbocycles. The maximum Gasteiger partial charge on any atom is 0.223 e. The van der Waals surface area contributed by atoms with Crippen LogP contribution in [0.3, 0.4) is 0 Å². The van der Waals surface area contributed by atoms with Crippen LogP contribution >= 0.6 is 0 Å². The number of anilines is 1. The summed E-state index contributed by atoms with van der Waals surface area (Å²) in [6, 6.07) is 0. The number of nitrogens with one attached hydrogen (secondary N) is 1. The van der Waals surface area contributed by atoms with Crippen LogP contribution in [0.1, 0.15) is 24.2 Å². The average Bonchev–Trinajstić information content (AvgIpc) is 3.05. The Bertz CT molecular complexity index is 890. The molecule has 8 heteroatoms. The van der Waals surface area contributed by atoms with Crippen LogP contribution in [-0.4, -0.2) is 40.8 Å². The highest BCUT2D eigenvalue weighted by Gasteiger charge is 2.43. The predicted molar refractivity (Wildman–Crippen MR) is 93.9 cm³/mol. The van der Waals surface area contributed by atoms with Crippen LogP contribution in [-0.2, 0) is 13.6 Å². The van der Waals surface area contributed by atoms with Crippen molar-refractivity contribution in [2.24, 2.45) is 12.5 Å². The molecule has 0 atom stereocenters. The fourth-order valence-corrected chi connectivity index (χ4v) is 3.03. The number of rotatable bonds is 6. The fraction of sp³-hybridized carbons (Fsp3) is 0.471. The van der Waals surface area contributed by atoms with Gasteiger partial charge in [0.05, 0.1) is 0 Å². The fourth-order valence-electron chi connectivity index (χ4n) is 3.03. The molecular formula is C17H22N8. The van der Waals surface area contributed by atoms with Crippen molar-refractivity contribution >= 4 is 5.95 Å². The number of aryl methyl sites for hydroxylation is 3. The maximum atomic E-state index is 4.66. The molecule has 1 N–H and O–H groups in total. The molecule has 1 aliphatic carbocycles. The van der Waals surface area contributed by atoms with Gasteiger partial charge in [0.1, 0.15) is 17.8 Å². The molecular weight excluding hydrogens is 316 g/mol. The van der Waals surface area contributed by atoms with E-state index < -0.39 is 0 Å². The van der Waals surface area contributed by atoms with Gasteiger partial charge in [0.2, 0.25) is 5.95 Å². The van der Waals surface area contributed by atoms with Gasteiger partial charge in [-0.2, -0.15) is 5.10 Å². The van der Waals surface area contributed by atoms with Crippen molar-refractivity contribution in [2.75, 3.05) is 11.9 Å². The van der Waals surface area contributed by atoms with Crippen LogP contribution in [0.5, 0.6) is 0 Å². The molecule has 1 fully saturated rings. The molecule has 0 amide bonds. The molecule has 1 saturated carbocycles. The van der Waals surface area contributed by atoms with Crippen molar-refractivity contribution in [3.63, 3.8) is 0 Å². The molecule has 0 spiro atoms. The summed E-state index contributed by atoms with van der Waals surface area (Å²) in [6.45, 7) is 5.86. The molecule has 3 aromatic rings. The van der Waals surface area contributed by atoms with Crippen molar-refractivity contribution in [1.82, 2.24) is 34.3 Å². The standard InChI is InChI=1S/C17H22N8/c1-12-8-19-16(23-14(12)15-21-11-22-24(15)3)20-9-17(4-5-17)10-25-7-6-18-13(25)2/h6-8,11H,4-5,9-10H2,1-3H3,(H,19,20,23). The molecule has 3 heterocycles. The van der Waals surface area contributed by atoms with E-state index in [1.165, 1.54) is 19.2 Å². The highest BCUT2D eigenvalue weighted by atomic mass is 15.3. The molecule has 1 aliphatic rings. The van der Waals surface area contributed by atoms with Gasteiger partial charge in [-0.25, -0.2) is 24.6 Å². The van der Waals surface area contributed by atoms with Gasteiger partial charge in [-0.15, -0.1) is 0 Å². The lowest BCUT2D eigenvalue weighted by atomic mass is 10.1.